The van der Waals surface area contributed by atoms with E-state index in [4.69, 9.17) is 22.1 Å². The molecule has 0 bridgehead atoms. The predicted octanol–water partition coefficient (Wildman–Crippen LogP) is 3.07. The summed E-state index contributed by atoms with van der Waals surface area (Å²) >= 11 is 6.03. The Morgan fingerprint density at radius 2 is 1.96 bits per heavy atom. The lowest BCUT2D eigenvalue weighted by Gasteiger charge is -2.14. The standard InChI is InChI=1S/C18H18ClN3O2/c1-24-14-6-3-12(4-7-14)17-21-16-8-5-13(19)11-15(16)18(23)22(17)10-2-9-20/h3-8,11H,2,9-10,20H2,1H3. The molecule has 6 heteroatoms. The van der Waals surface area contributed by atoms with Crippen LogP contribution >= 0.6 is 11.6 Å². The van der Waals surface area contributed by atoms with Gasteiger partial charge in [-0.1, -0.05) is 11.6 Å². The normalized spacial score (nSPS) is 11.0. The Morgan fingerprint density at radius 3 is 2.62 bits per heavy atom. The van der Waals surface area contributed by atoms with Crippen LogP contribution in [-0.4, -0.2) is 23.2 Å². The van der Waals surface area contributed by atoms with Gasteiger partial charge in [0.15, 0.2) is 0 Å². The van der Waals surface area contributed by atoms with Gasteiger partial charge >= 0.3 is 0 Å². The lowest BCUT2D eigenvalue weighted by atomic mass is 10.1. The minimum atomic E-state index is -0.109. The average Bonchev–Trinajstić information content (AvgIpc) is 2.61. The van der Waals surface area contributed by atoms with Gasteiger partial charge in [-0.25, -0.2) is 4.98 Å². The smallest absolute Gasteiger partial charge is 0.261 e. The first-order valence-corrected chi connectivity index (χ1v) is 8.06. The first kappa shape index (κ1) is 16.5. The molecule has 1 aromatic heterocycles. The Balaban J connectivity index is 2.23. The third-order valence-corrected chi connectivity index (χ3v) is 4.09. The van der Waals surface area contributed by atoms with E-state index in [0.29, 0.717) is 41.3 Å². The summed E-state index contributed by atoms with van der Waals surface area (Å²) in [5, 5.41) is 1.03. The maximum atomic E-state index is 12.9. The van der Waals surface area contributed by atoms with Gasteiger partial charge in [-0.3, -0.25) is 9.36 Å². The molecule has 0 unspecified atom stereocenters. The van der Waals surface area contributed by atoms with Crippen molar-refractivity contribution >= 4 is 22.5 Å². The van der Waals surface area contributed by atoms with Crippen molar-refractivity contribution < 1.29 is 4.74 Å². The molecule has 0 radical (unpaired) electrons. The highest BCUT2D eigenvalue weighted by molar-refractivity contribution is 6.31. The van der Waals surface area contributed by atoms with Gasteiger partial charge < -0.3 is 10.5 Å². The fourth-order valence-corrected chi connectivity index (χ4v) is 2.78. The summed E-state index contributed by atoms with van der Waals surface area (Å²) in [5.41, 5.74) is 6.98. The van der Waals surface area contributed by atoms with Crippen molar-refractivity contribution in [3.05, 3.63) is 57.8 Å². The Labute approximate surface area is 144 Å². The summed E-state index contributed by atoms with van der Waals surface area (Å²) in [5.74, 6) is 1.37. The molecule has 0 saturated heterocycles. The van der Waals surface area contributed by atoms with Crippen LogP contribution < -0.4 is 16.0 Å². The molecule has 1 heterocycles. The summed E-state index contributed by atoms with van der Waals surface area (Å²) < 4.78 is 6.85. The van der Waals surface area contributed by atoms with Crippen molar-refractivity contribution in [1.29, 1.82) is 0 Å². The molecular weight excluding hydrogens is 326 g/mol. The number of benzene rings is 2. The lowest BCUT2D eigenvalue weighted by molar-refractivity contribution is 0.415. The number of nitrogens with two attached hydrogens (primary N) is 1. The number of methoxy groups -OCH3 is 1. The van der Waals surface area contributed by atoms with Crippen molar-refractivity contribution in [2.24, 2.45) is 5.73 Å². The zero-order chi connectivity index (χ0) is 17.1. The molecule has 5 nitrogen and oxygen atoms in total. The van der Waals surface area contributed by atoms with E-state index in [9.17, 15) is 4.79 Å². The van der Waals surface area contributed by atoms with Gasteiger partial charge in [0.25, 0.3) is 5.56 Å². The summed E-state index contributed by atoms with van der Waals surface area (Å²) in [4.78, 5) is 17.6. The fraction of sp³-hybridized carbons (Fsp3) is 0.222. The largest absolute Gasteiger partial charge is 0.497 e. The van der Waals surface area contributed by atoms with Crippen LogP contribution in [0.5, 0.6) is 5.75 Å². The second-order valence-corrected chi connectivity index (χ2v) is 5.86. The van der Waals surface area contributed by atoms with E-state index in [1.54, 1.807) is 29.9 Å². The van der Waals surface area contributed by atoms with E-state index in [0.717, 1.165) is 11.3 Å². The minimum absolute atomic E-state index is 0.109. The Kier molecular flexibility index (Phi) is 4.83. The van der Waals surface area contributed by atoms with Crippen LogP contribution in [0, 0.1) is 0 Å². The second kappa shape index (κ2) is 7.03. The zero-order valence-electron chi connectivity index (χ0n) is 13.3. The Hall–Kier alpha value is -2.37. The van der Waals surface area contributed by atoms with E-state index in [1.165, 1.54) is 0 Å². The molecule has 0 aliphatic heterocycles. The van der Waals surface area contributed by atoms with Gasteiger partial charge in [-0.15, -0.1) is 0 Å². The number of hydrogen-bond donors (Lipinski definition) is 1. The molecular formula is C18H18ClN3O2. The first-order chi connectivity index (χ1) is 11.6. The zero-order valence-corrected chi connectivity index (χ0v) is 14.1. The van der Waals surface area contributed by atoms with Crippen LogP contribution in [0.2, 0.25) is 5.02 Å². The van der Waals surface area contributed by atoms with E-state index >= 15 is 0 Å². The van der Waals surface area contributed by atoms with Crippen LogP contribution in [0.3, 0.4) is 0 Å². The number of ether oxygens (including phenoxy) is 1. The van der Waals surface area contributed by atoms with Crippen LogP contribution in [0.1, 0.15) is 6.42 Å². The van der Waals surface area contributed by atoms with Crippen LogP contribution in [-0.2, 0) is 6.54 Å². The molecule has 0 atom stereocenters. The van der Waals surface area contributed by atoms with Crippen molar-refractivity contribution in [2.45, 2.75) is 13.0 Å². The molecule has 0 aliphatic rings. The Bertz CT molecular complexity index is 920. The predicted molar refractivity (Wildman–Crippen MR) is 96.7 cm³/mol. The van der Waals surface area contributed by atoms with E-state index in [-0.39, 0.29) is 5.56 Å². The van der Waals surface area contributed by atoms with Gasteiger partial charge in [0.1, 0.15) is 11.6 Å². The van der Waals surface area contributed by atoms with E-state index in [2.05, 4.69) is 4.98 Å². The maximum Gasteiger partial charge on any atom is 0.261 e. The molecule has 2 N–H and O–H groups in total. The van der Waals surface area contributed by atoms with Crippen molar-refractivity contribution in [1.82, 2.24) is 9.55 Å². The van der Waals surface area contributed by atoms with Crippen LogP contribution in [0.4, 0.5) is 0 Å². The maximum absolute atomic E-state index is 12.9. The summed E-state index contributed by atoms with van der Waals surface area (Å²) in [6.45, 7) is 1.01. The summed E-state index contributed by atoms with van der Waals surface area (Å²) in [6, 6.07) is 12.6. The summed E-state index contributed by atoms with van der Waals surface area (Å²) in [7, 11) is 1.62. The number of aromatic nitrogens is 2. The van der Waals surface area contributed by atoms with Crippen molar-refractivity contribution in [3.63, 3.8) is 0 Å². The molecule has 0 fully saturated rings. The monoisotopic (exact) mass is 343 g/mol. The van der Waals surface area contributed by atoms with Crippen molar-refractivity contribution in [3.8, 4) is 17.1 Å². The van der Waals surface area contributed by atoms with Gasteiger partial charge in [0.05, 0.1) is 18.0 Å². The molecule has 0 spiro atoms. The quantitative estimate of drug-likeness (QED) is 0.773. The number of rotatable bonds is 5. The summed E-state index contributed by atoms with van der Waals surface area (Å²) in [6.07, 6.45) is 0.691. The van der Waals surface area contributed by atoms with Gasteiger partial charge in [-0.05, 0) is 55.4 Å². The third kappa shape index (κ3) is 3.13. The molecule has 24 heavy (non-hydrogen) atoms. The van der Waals surface area contributed by atoms with Gasteiger partial charge in [0, 0.05) is 17.1 Å². The average molecular weight is 344 g/mol. The van der Waals surface area contributed by atoms with E-state index in [1.807, 2.05) is 24.3 Å². The SMILES string of the molecule is COc1ccc(-c2nc3ccc(Cl)cc3c(=O)n2CCCN)cc1. The Morgan fingerprint density at radius 1 is 1.21 bits per heavy atom. The lowest BCUT2D eigenvalue weighted by Crippen LogP contribution is -2.24. The third-order valence-electron chi connectivity index (χ3n) is 3.85. The second-order valence-electron chi connectivity index (χ2n) is 5.42. The highest BCUT2D eigenvalue weighted by atomic mass is 35.5. The number of fused-ring (bicyclic) bond motifs is 1. The molecule has 0 amide bonds. The molecule has 2 aromatic carbocycles. The minimum Gasteiger partial charge on any atom is -0.497 e. The van der Waals surface area contributed by atoms with Crippen LogP contribution in [0.15, 0.2) is 47.3 Å². The molecule has 124 valence electrons. The van der Waals surface area contributed by atoms with Crippen molar-refractivity contribution in [2.75, 3.05) is 13.7 Å². The first-order valence-electron chi connectivity index (χ1n) is 7.68. The highest BCUT2D eigenvalue weighted by Crippen LogP contribution is 2.23. The highest BCUT2D eigenvalue weighted by Gasteiger charge is 2.13. The number of hydrogen-bond acceptors (Lipinski definition) is 4. The number of halogens is 1. The molecule has 0 saturated carbocycles. The van der Waals surface area contributed by atoms with Gasteiger partial charge in [-0.2, -0.15) is 0 Å². The molecule has 3 aromatic rings. The number of nitrogens with zero attached hydrogens (tertiary/aromatic N) is 2. The molecule has 3 rings (SSSR count). The van der Waals surface area contributed by atoms with Crippen LogP contribution in [0.25, 0.3) is 22.3 Å². The van der Waals surface area contributed by atoms with Gasteiger partial charge in [0.2, 0.25) is 0 Å². The molecule has 0 aliphatic carbocycles. The topological polar surface area (TPSA) is 70.1 Å². The fourth-order valence-electron chi connectivity index (χ4n) is 2.61. The van der Waals surface area contributed by atoms with E-state index < -0.39 is 0 Å².